The minimum Gasteiger partial charge on any atom is -0.404 e. The fourth-order valence-electron chi connectivity index (χ4n) is 2.69. The molecule has 0 aliphatic heterocycles. The predicted octanol–water partition coefficient (Wildman–Crippen LogP) is 5.43. The molecule has 1 rings (SSSR count). The summed E-state index contributed by atoms with van der Waals surface area (Å²) < 4.78 is 0. The lowest BCUT2D eigenvalue weighted by atomic mass is 9.72. The quantitative estimate of drug-likeness (QED) is 0.677. The van der Waals surface area contributed by atoms with E-state index in [0.717, 1.165) is 5.57 Å². The van der Waals surface area contributed by atoms with E-state index in [4.69, 9.17) is 5.73 Å². The van der Waals surface area contributed by atoms with Gasteiger partial charge in [-0.3, -0.25) is 0 Å². The third kappa shape index (κ3) is 4.88. The van der Waals surface area contributed by atoms with E-state index in [1.165, 1.54) is 30.4 Å². The van der Waals surface area contributed by atoms with Crippen LogP contribution in [0.5, 0.6) is 0 Å². The summed E-state index contributed by atoms with van der Waals surface area (Å²) in [7, 11) is 0. The van der Waals surface area contributed by atoms with Crippen LogP contribution in [0, 0.1) is 5.41 Å². The summed E-state index contributed by atoms with van der Waals surface area (Å²) >= 11 is 0. The first-order valence-corrected chi connectivity index (χ1v) is 7.48. The van der Waals surface area contributed by atoms with Crippen molar-refractivity contribution in [3.8, 4) is 0 Å². The van der Waals surface area contributed by atoms with Gasteiger partial charge in [0.25, 0.3) is 0 Å². The minimum atomic E-state index is 0.313. The highest BCUT2D eigenvalue weighted by Crippen LogP contribution is 2.40. The third-order valence-corrected chi connectivity index (χ3v) is 4.04. The molecule has 0 aromatic heterocycles. The zero-order valence-corrected chi connectivity index (χ0v) is 13.7. The lowest BCUT2D eigenvalue weighted by Gasteiger charge is -2.32. The van der Waals surface area contributed by atoms with Crippen molar-refractivity contribution >= 4 is 0 Å². The smallest absolute Gasteiger partial charge is 0.00325 e. The summed E-state index contributed by atoms with van der Waals surface area (Å²) in [5.41, 5.74) is 11.1. The summed E-state index contributed by atoms with van der Waals surface area (Å²) in [6.07, 6.45) is 16.2. The summed E-state index contributed by atoms with van der Waals surface area (Å²) in [6, 6.07) is 0. The monoisotopic (exact) mass is 271 g/mol. The standard InChI is InChI=1S/C19H29N/c1-15(8-6-9-16(2)14-20)11-12-18-17(3)10-7-13-19(18,4)5/h6,8-9,11-12,14H,7,10,13,20H2,1-5H3/b9-6+,12-11+,15-8-,16-14+. The molecule has 110 valence electrons. The molecule has 2 N–H and O–H groups in total. The van der Waals surface area contributed by atoms with Gasteiger partial charge in [0, 0.05) is 0 Å². The topological polar surface area (TPSA) is 26.0 Å². The summed E-state index contributed by atoms with van der Waals surface area (Å²) in [5, 5.41) is 0. The van der Waals surface area contributed by atoms with E-state index in [9.17, 15) is 0 Å². The highest BCUT2D eigenvalue weighted by molar-refractivity contribution is 5.37. The van der Waals surface area contributed by atoms with Crippen molar-refractivity contribution in [1.82, 2.24) is 0 Å². The summed E-state index contributed by atoms with van der Waals surface area (Å²) in [5.74, 6) is 0. The lowest BCUT2D eigenvalue weighted by Crippen LogP contribution is -2.19. The normalized spacial score (nSPS) is 21.2. The van der Waals surface area contributed by atoms with E-state index in [0.29, 0.717) is 5.41 Å². The number of allylic oxidation sites excluding steroid dienone is 9. The maximum absolute atomic E-state index is 5.44. The Kier molecular flexibility index (Phi) is 6.06. The Labute approximate surface area is 124 Å². The van der Waals surface area contributed by atoms with Crippen LogP contribution in [0.2, 0.25) is 0 Å². The van der Waals surface area contributed by atoms with Gasteiger partial charge in [0.2, 0.25) is 0 Å². The minimum absolute atomic E-state index is 0.313. The van der Waals surface area contributed by atoms with Crippen LogP contribution in [0.4, 0.5) is 0 Å². The molecule has 0 saturated heterocycles. The predicted molar refractivity (Wildman–Crippen MR) is 90.3 cm³/mol. The van der Waals surface area contributed by atoms with Crippen LogP contribution in [0.3, 0.4) is 0 Å². The first kappa shape index (κ1) is 16.6. The van der Waals surface area contributed by atoms with Crippen molar-refractivity contribution in [2.75, 3.05) is 0 Å². The fourth-order valence-corrected chi connectivity index (χ4v) is 2.69. The van der Waals surface area contributed by atoms with Crippen LogP contribution >= 0.6 is 0 Å². The summed E-state index contributed by atoms with van der Waals surface area (Å²) in [6.45, 7) is 11.1. The van der Waals surface area contributed by atoms with E-state index in [1.807, 2.05) is 19.1 Å². The van der Waals surface area contributed by atoms with Crippen LogP contribution in [0.1, 0.15) is 53.9 Å². The number of rotatable bonds is 4. The van der Waals surface area contributed by atoms with E-state index in [1.54, 1.807) is 11.8 Å². The molecule has 0 aromatic carbocycles. The van der Waals surface area contributed by atoms with Gasteiger partial charge in [-0.25, -0.2) is 0 Å². The second-order valence-electron chi connectivity index (χ2n) is 6.45. The van der Waals surface area contributed by atoms with Gasteiger partial charge in [-0.1, -0.05) is 55.4 Å². The molecular formula is C19H29N. The number of hydrogen-bond donors (Lipinski definition) is 1. The second-order valence-corrected chi connectivity index (χ2v) is 6.45. The van der Waals surface area contributed by atoms with Crippen molar-refractivity contribution in [3.05, 3.63) is 58.9 Å². The molecule has 0 aromatic rings. The van der Waals surface area contributed by atoms with Crippen LogP contribution < -0.4 is 5.73 Å². The molecule has 0 heterocycles. The zero-order chi connectivity index (χ0) is 15.2. The van der Waals surface area contributed by atoms with Gasteiger partial charge in [-0.15, -0.1) is 0 Å². The van der Waals surface area contributed by atoms with Gasteiger partial charge in [0.1, 0.15) is 0 Å². The van der Waals surface area contributed by atoms with E-state index < -0.39 is 0 Å². The number of nitrogens with two attached hydrogens (primary N) is 1. The third-order valence-electron chi connectivity index (χ3n) is 4.04. The van der Waals surface area contributed by atoms with Gasteiger partial charge in [0.05, 0.1) is 0 Å². The SMILES string of the molecule is CC1=C(/C=C/C(C)=C\C=C\C(C)=C\N)C(C)(C)CCC1. The molecule has 0 spiro atoms. The van der Waals surface area contributed by atoms with Gasteiger partial charge in [0.15, 0.2) is 0 Å². The Balaban J connectivity index is 2.81. The molecule has 0 unspecified atom stereocenters. The van der Waals surface area contributed by atoms with E-state index >= 15 is 0 Å². The maximum Gasteiger partial charge on any atom is -0.00325 e. The molecule has 1 heteroatoms. The summed E-state index contributed by atoms with van der Waals surface area (Å²) in [4.78, 5) is 0. The fraction of sp³-hybridized carbons (Fsp3) is 0.474. The van der Waals surface area contributed by atoms with Crippen LogP contribution in [-0.2, 0) is 0 Å². The Morgan fingerprint density at radius 2 is 1.85 bits per heavy atom. The van der Waals surface area contributed by atoms with Crippen molar-refractivity contribution in [2.24, 2.45) is 11.1 Å². The molecule has 1 aliphatic carbocycles. The Hall–Kier alpha value is -1.50. The van der Waals surface area contributed by atoms with Crippen molar-refractivity contribution in [2.45, 2.75) is 53.9 Å². The molecular weight excluding hydrogens is 242 g/mol. The average Bonchev–Trinajstić information content (AvgIpc) is 2.37. The first-order chi connectivity index (χ1) is 9.36. The van der Waals surface area contributed by atoms with Crippen molar-refractivity contribution in [1.29, 1.82) is 0 Å². The van der Waals surface area contributed by atoms with Gasteiger partial charge in [-0.2, -0.15) is 0 Å². The largest absolute Gasteiger partial charge is 0.404 e. The van der Waals surface area contributed by atoms with Gasteiger partial charge >= 0.3 is 0 Å². The zero-order valence-electron chi connectivity index (χ0n) is 13.7. The van der Waals surface area contributed by atoms with Crippen LogP contribution in [-0.4, -0.2) is 0 Å². The van der Waals surface area contributed by atoms with Crippen LogP contribution in [0.25, 0.3) is 0 Å². The highest BCUT2D eigenvalue weighted by Gasteiger charge is 2.26. The molecule has 1 nitrogen and oxygen atoms in total. The highest BCUT2D eigenvalue weighted by atomic mass is 14.5. The van der Waals surface area contributed by atoms with E-state index in [-0.39, 0.29) is 0 Å². The van der Waals surface area contributed by atoms with Crippen LogP contribution in [0.15, 0.2) is 58.9 Å². The van der Waals surface area contributed by atoms with Gasteiger partial charge < -0.3 is 5.73 Å². The molecule has 1 aliphatic rings. The Bertz CT molecular complexity index is 482. The Morgan fingerprint density at radius 3 is 2.45 bits per heavy atom. The van der Waals surface area contributed by atoms with E-state index in [2.05, 4.69) is 45.9 Å². The number of hydrogen-bond acceptors (Lipinski definition) is 1. The molecule has 0 radical (unpaired) electrons. The van der Waals surface area contributed by atoms with Crippen molar-refractivity contribution in [3.63, 3.8) is 0 Å². The lowest BCUT2D eigenvalue weighted by molar-refractivity contribution is 0.377. The average molecular weight is 271 g/mol. The molecule has 0 fully saturated rings. The maximum atomic E-state index is 5.44. The molecule has 0 saturated carbocycles. The molecule has 20 heavy (non-hydrogen) atoms. The Morgan fingerprint density at radius 1 is 1.15 bits per heavy atom. The molecule has 0 atom stereocenters. The van der Waals surface area contributed by atoms with Gasteiger partial charge in [-0.05, 0) is 62.8 Å². The second kappa shape index (κ2) is 7.33. The first-order valence-electron chi connectivity index (χ1n) is 7.48. The van der Waals surface area contributed by atoms with Crippen molar-refractivity contribution < 1.29 is 0 Å². The molecule has 0 amide bonds. The molecule has 0 bridgehead atoms.